The maximum Gasteiger partial charge on any atom is 0.338 e. The van der Waals surface area contributed by atoms with Crippen molar-refractivity contribution in [2.45, 2.75) is 31.9 Å². The number of methoxy groups -OCH3 is 1. The topological polar surface area (TPSA) is 49.8 Å². The molecule has 1 aliphatic rings. The summed E-state index contributed by atoms with van der Waals surface area (Å²) in [6, 6.07) is 0.204. The van der Waals surface area contributed by atoms with Crippen molar-refractivity contribution in [2.24, 2.45) is 5.92 Å². The minimum atomic E-state index is -1.30. The molecule has 1 N–H and O–H groups in total. The fourth-order valence-electron chi connectivity index (χ4n) is 2.03. The Morgan fingerprint density at radius 2 is 2.14 bits per heavy atom. The van der Waals surface area contributed by atoms with Gasteiger partial charge in [-0.05, 0) is 14.0 Å². The van der Waals surface area contributed by atoms with Crippen molar-refractivity contribution in [3.05, 3.63) is 0 Å². The molecule has 1 heterocycles. The average Bonchev–Trinajstić information content (AvgIpc) is 2.13. The summed E-state index contributed by atoms with van der Waals surface area (Å²) < 4.78 is 4.64. The number of carbonyl (C=O) groups excluding carboxylic acids is 1. The van der Waals surface area contributed by atoms with Crippen molar-refractivity contribution >= 4 is 5.97 Å². The molecule has 0 aromatic heterocycles. The molecule has 3 atom stereocenters. The Balaban J connectivity index is 2.83. The molecule has 82 valence electrons. The summed E-state index contributed by atoms with van der Waals surface area (Å²) in [5, 5.41) is 10.2. The number of hydrogen-bond donors (Lipinski definition) is 1. The molecule has 0 aromatic carbocycles. The second-order valence-electron chi connectivity index (χ2n) is 4.31. The van der Waals surface area contributed by atoms with Gasteiger partial charge in [0.1, 0.15) is 0 Å². The van der Waals surface area contributed by atoms with Gasteiger partial charge in [-0.3, -0.25) is 0 Å². The molecule has 0 bridgehead atoms. The van der Waals surface area contributed by atoms with Crippen LogP contribution >= 0.6 is 0 Å². The highest BCUT2D eigenvalue weighted by Crippen LogP contribution is 2.31. The molecule has 0 aromatic rings. The molecule has 0 saturated carbocycles. The molecule has 4 heteroatoms. The number of hydrogen-bond acceptors (Lipinski definition) is 4. The van der Waals surface area contributed by atoms with Gasteiger partial charge in [-0.25, -0.2) is 4.79 Å². The first-order valence-electron chi connectivity index (χ1n) is 4.93. The molecular formula is C10H19NO3. The molecule has 1 rings (SSSR count). The standard InChI is InChI=1S/C10H19NO3/c1-7-6-11(3)8(2)5-10(7,13)9(12)14-4/h7-8,13H,5-6H2,1-4H3/t7-,8-,10+/m1/s1. The first-order chi connectivity index (χ1) is 6.41. The maximum absolute atomic E-state index is 11.5. The van der Waals surface area contributed by atoms with Gasteiger partial charge in [-0.1, -0.05) is 6.92 Å². The van der Waals surface area contributed by atoms with Crippen LogP contribution in [0.1, 0.15) is 20.3 Å². The summed E-state index contributed by atoms with van der Waals surface area (Å²) in [5.41, 5.74) is -1.30. The SMILES string of the molecule is COC(=O)[C@]1(O)C[C@@H](C)N(C)C[C@H]1C. The lowest BCUT2D eigenvalue weighted by atomic mass is 9.79. The zero-order valence-corrected chi connectivity index (χ0v) is 9.28. The normalized spacial score (nSPS) is 39.5. The van der Waals surface area contributed by atoms with E-state index in [1.807, 2.05) is 20.9 Å². The van der Waals surface area contributed by atoms with E-state index in [0.717, 1.165) is 0 Å². The number of likely N-dealkylation sites (tertiary alicyclic amines) is 1. The van der Waals surface area contributed by atoms with Gasteiger partial charge in [0, 0.05) is 24.9 Å². The Bertz CT molecular complexity index is 231. The van der Waals surface area contributed by atoms with Crippen LogP contribution in [0.3, 0.4) is 0 Å². The lowest BCUT2D eigenvalue weighted by molar-refractivity contribution is -0.176. The van der Waals surface area contributed by atoms with Crippen LogP contribution in [-0.2, 0) is 9.53 Å². The summed E-state index contributed by atoms with van der Waals surface area (Å²) in [4.78, 5) is 13.6. The summed E-state index contributed by atoms with van der Waals surface area (Å²) in [6.07, 6.45) is 0.442. The largest absolute Gasteiger partial charge is 0.467 e. The summed E-state index contributed by atoms with van der Waals surface area (Å²) in [7, 11) is 3.31. The Hall–Kier alpha value is -0.610. The first-order valence-corrected chi connectivity index (χ1v) is 4.93. The third kappa shape index (κ3) is 1.77. The van der Waals surface area contributed by atoms with Gasteiger partial charge in [0.2, 0.25) is 0 Å². The molecule has 14 heavy (non-hydrogen) atoms. The number of rotatable bonds is 1. The van der Waals surface area contributed by atoms with Crippen molar-refractivity contribution in [2.75, 3.05) is 20.7 Å². The second-order valence-corrected chi connectivity index (χ2v) is 4.31. The predicted octanol–water partition coefficient (Wildman–Crippen LogP) is 0.251. The van der Waals surface area contributed by atoms with Crippen molar-refractivity contribution in [3.63, 3.8) is 0 Å². The molecule has 0 amide bonds. The maximum atomic E-state index is 11.5. The minimum absolute atomic E-state index is 0.0869. The molecule has 1 aliphatic heterocycles. The molecule has 0 radical (unpaired) electrons. The van der Waals surface area contributed by atoms with Gasteiger partial charge >= 0.3 is 5.97 Å². The van der Waals surface area contributed by atoms with E-state index in [2.05, 4.69) is 9.64 Å². The quantitative estimate of drug-likeness (QED) is 0.618. The Morgan fingerprint density at radius 1 is 1.57 bits per heavy atom. The summed E-state index contributed by atoms with van der Waals surface area (Å²) in [6.45, 7) is 4.59. The van der Waals surface area contributed by atoms with Crippen LogP contribution in [0.2, 0.25) is 0 Å². The summed E-state index contributed by atoms with van der Waals surface area (Å²) in [5.74, 6) is -0.596. The Kier molecular flexibility index (Phi) is 3.17. The highest BCUT2D eigenvalue weighted by Gasteiger charge is 2.47. The van der Waals surface area contributed by atoms with E-state index in [0.29, 0.717) is 13.0 Å². The summed E-state index contributed by atoms with van der Waals surface area (Å²) >= 11 is 0. The van der Waals surface area contributed by atoms with Crippen LogP contribution < -0.4 is 0 Å². The number of nitrogens with zero attached hydrogens (tertiary/aromatic N) is 1. The van der Waals surface area contributed by atoms with Gasteiger partial charge in [-0.2, -0.15) is 0 Å². The molecule has 4 nitrogen and oxygen atoms in total. The van der Waals surface area contributed by atoms with Gasteiger partial charge in [0.15, 0.2) is 5.60 Å². The number of esters is 1. The lowest BCUT2D eigenvalue weighted by Gasteiger charge is -2.43. The monoisotopic (exact) mass is 201 g/mol. The van der Waals surface area contributed by atoms with E-state index < -0.39 is 11.6 Å². The van der Waals surface area contributed by atoms with Crippen LogP contribution in [0.5, 0.6) is 0 Å². The van der Waals surface area contributed by atoms with Crippen LogP contribution in [0.15, 0.2) is 0 Å². The average molecular weight is 201 g/mol. The van der Waals surface area contributed by atoms with Crippen molar-refractivity contribution in [1.29, 1.82) is 0 Å². The van der Waals surface area contributed by atoms with Gasteiger partial charge < -0.3 is 14.7 Å². The molecule has 0 aliphatic carbocycles. The first kappa shape index (κ1) is 11.5. The molecule has 0 spiro atoms. The van der Waals surface area contributed by atoms with Crippen LogP contribution in [0.4, 0.5) is 0 Å². The fraction of sp³-hybridized carbons (Fsp3) is 0.900. The molecular weight excluding hydrogens is 182 g/mol. The van der Waals surface area contributed by atoms with Crippen molar-refractivity contribution < 1.29 is 14.6 Å². The van der Waals surface area contributed by atoms with E-state index in [-0.39, 0.29) is 12.0 Å². The molecule has 0 unspecified atom stereocenters. The number of ether oxygens (including phenoxy) is 1. The number of piperidine rings is 1. The van der Waals surface area contributed by atoms with Crippen LogP contribution in [0.25, 0.3) is 0 Å². The number of aliphatic hydroxyl groups is 1. The van der Waals surface area contributed by atoms with Crippen molar-refractivity contribution in [3.8, 4) is 0 Å². The zero-order valence-electron chi connectivity index (χ0n) is 9.28. The van der Waals surface area contributed by atoms with Crippen LogP contribution in [-0.4, -0.2) is 48.3 Å². The molecule has 1 fully saturated rings. The van der Waals surface area contributed by atoms with Gasteiger partial charge in [-0.15, -0.1) is 0 Å². The van der Waals surface area contributed by atoms with Gasteiger partial charge in [0.05, 0.1) is 7.11 Å². The van der Waals surface area contributed by atoms with E-state index in [9.17, 15) is 9.90 Å². The second kappa shape index (κ2) is 3.87. The third-order valence-electron chi connectivity index (χ3n) is 3.28. The van der Waals surface area contributed by atoms with E-state index in [1.165, 1.54) is 7.11 Å². The molecule has 1 saturated heterocycles. The fourth-order valence-corrected chi connectivity index (χ4v) is 2.03. The number of carbonyl (C=O) groups is 1. The lowest BCUT2D eigenvalue weighted by Crippen LogP contribution is -2.57. The Labute approximate surface area is 84.8 Å². The zero-order chi connectivity index (χ0) is 10.9. The Morgan fingerprint density at radius 3 is 2.64 bits per heavy atom. The predicted molar refractivity (Wildman–Crippen MR) is 52.8 cm³/mol. The van der Waals surface area contributed by atoms with E-state index in [1.54, 1.807) is 0 Å². The third-order valence-corrected chi connectivity index (χ3v) is 3.28. The highest BCUT2D eigenvalue weighted by molar-refractivity contribution is 5.79. The van der Waals surface area contributed by atoms with Crippen LogP contribution in [0, 0.1) is 5.92 Å². The van der Waals surface area contributed by atoms with Crippen molar-refractivity contribution in [1.82, 2.24) is 4.90 Å². The smallest absolute Gasteiger partial charge is 0.338 e. The van der Waals surface area contributed by atoms with E-state index in [4.69, 9.17) is 0 Å². The van der Waals surface area contributed by atoms with Gasteiger partial charge in [0.25, 0.3) is 0 Å². The minimum Gasteiger partial charge on any atom is -0.467 e. The van der Waals surface area contributed by atoms with E-state index >= 15 is 0 Å². The highest BCUT2D eigenvalue weighted by atomic mass is 16.5.